The van der Waals surface area contributed by atoms with Gasteiger partial charge in [-0.15, -0.1) is 0 Å². The summed E-state index contributed by atoms with van der Waals surface area (Å²) in [4.78, 5) is 28.0. The molecule has 0 saturated carbocycles. The molecule has 0 radical (unpaired) electrons. The van der Waals surface area contributed by atoms with Crippen LogP contribution in [-0.2, 0) is 20.0 Å². The van der Waals surface area contributed by atoms with E-state index in [4.69, 9.17) is 4.74 Å². The average molecular weight is 405 g/mol. The fraction of sp³-hybridized carbons (Fsp3) is 0.333. The second-order valence-electron chi connectivity index (χ2n) is 8.10. The van der Waals surface area contributed by atoms with Gasteiger partial charge in [0.25, 0.3) is 0 Å². The van der Waals surface area contributed by atoms with E-state index in [2.05, 4.69) is 16.0 Å². The molecule has 0 unspecified atom stereocenters. The summed E-state index contributed by atoms with van der Waals surface area (Å²) in [5, 5.41) is 3.66. The molecule has 3 aromatic rings. The summed E-state index contributed by atoms with van der Waals surface area (Å²) in [6.45, 7) is 6.85. The lowest BCUT2D eigenvalue weighted by atomic mass is 9.98. The number of hydrogen-bond donors (Lipinski definition) is 1. The number of ether oxygens (including phenoxy) is 1. The Labute approximate surface area is 176 Å². The van der Waals surface area contributed by atoms with E-state index < -0.39 is 0 Å². The average Bonchev–Trinajstić information content (AvgIpc) is 2.71. The lowest BCUT2D eigenvalue weighted by molar-refractivity contribution is 0.205. The first-order chi connectivity index (χ1) is 14.3. The number of urea groups is 1. The number of methoxy groups -OCH3 is 1. The van der Waals surface area contributed by atoms with Gasteiger partial charge in [0.2, 0.25) is 0 Å². The van der Waals surface area contributed by atoms with Gasteiger partial charge < -0.3 is 19.5 Å². The Kier molecular flexibility index (Phi) is 5.02. The summed E-state index contributed by atoms with van der Waals surface area (Å²) < 4.78 is 7.49. The fourth-order valence-corrected chi connectivity index (χ4v) is 4.49. The Bertz CT molecular complexity index is 1230. The van der Waals surface area contributed by atoms with Crippen LogP contribution in [0.1, 0.15) is 27.9 Å². The third-order valence-corrected chi connectivity index (χ3v) is 5.90. The zero-order valence-electron chi connectivity index (χ0n) is 18.1. The molecule has 0 spiro atoms. The minimum absolute atomic E-state index is 0.0236. The van der Waals surface area contributed by atoms with Gasteiger partial charge in [-0.2, -0.15) is 0 Å². The predicted molar refractivity (Wildman–Crippen MR) is 120 cm³/mol. The summed E-state index contributed by atoms with van der Waals surface area (Å²) in [5.74, 6) is 0.610. The molecule has 6 nitrogen and oxygen atoms in total. The monoisotopic (exact) mass is 405 g/mol. The topological polar surface area (TPSA) is 63.6 Å². The minimum atomic E-state index is -0.230. The number of amides is 2. The SMILES string of the molecule is COc1ccc(C)cc1NC(=O)N1CCc2c(c(=O)c3cc(C)cc(C)c3n2C)C1. The molecule has 0 saturated heterocycles. The van der Waals surface area contributed by atoms with E-state index in [1.807, 2.05) is 52.1 Å². The molecule has 30 heavy (non-hydrogen) atoms. The number of carbonyl (C=O) groups is 1. The predicted octanol–water partition coefficient (Wildman–Crippen LogP) is 4.06. The molecule has 2 amide bonds. The zero-order chi connectivity index (χ0) is 21.6. The first-order valence-corrected chi connectivity index (χ1v) is 10.1. The van der Waals surface area contributed by atoms with Gasteiger partial charge in [0.05, 0.1) is 24.9 Å². The van der Waals surface area contributed by atoms with E-state index in [1.54, 1.807) is 12.0 Å². The number of anilines is 1. The quantitative estimate of drug-likeness (QED) is 0.699. The van der Waals surface area contributed by atoms with Crippen LogP contribution in [0.5, 0.6) is 5.75 Å². The molecule has 0 bridgehead atoms. The van der Waals surface area contributed by atoms with Crippen molar-refractivity contribution in [1.29, 1.82) is 0 Å². The van der Waals surface area contributed by atoms with E-state index in [9.17, 15) is 9.59 Å². The first kappa shape index (κ1) is 20.0. The molecule has 0 atom stereocenters. The highest BCUT2D eigenvalue weighted by atomic mass is 16.5. The van der Waals surface area contributed by atoms with Crippen molar-refractivity contribution < 1.29 is 9.53 Å². The van der Waals surface area contributed by atoms with E-state index in [0.29, 0.717) is 36.5 Å². The van der Waals surface area contributed by atoms with Crippen molar-refractivity contribution in [3.05, 3.63) is 68.5 Å². The van der Waals surface area contributed by atoms with Crippen molar-refractivity contribution in [2.45, 2.75) is 33.7 Å². The molecular formula is C24H27N3O3. The smallest absolute Gasteiger partial charge is 0.322 e. The second kappa shape index (κ2) is 7.52. The number of aromatic nitrogens is 1. The van der Waals surface area contributed by atoms with Crippen LogP contribution in [-0.4, -0.2) is 29.2 Å². The molecule has 156 valence electrons. The Hall–Kier alpha value is -3.28. The highest BCUT2D eigenvalue weighted by molar-refractivity contribution is 5.91. The van der Waals surface area contributed by atoms with Crippen LogP contribution in [0.15, 0.2) is 35.1 Å². The summed E-state index contributed by atoms with van der Waals surface area (Å²) in [5.41, 5.74) is 6.53. The maximum atomic E-state index is 13.3. The minimum Gasteiger partial charge on any atom is -0.495 e. The number of fused-ring (bicyclic) bond motifs is 2. The van der Waals surface area contributed by atoms with Crippen molar-refractivity contribution in [2.75, 3.05) is 19.0 Å². The largest absolute Gasteiger partial charge is 0.495 e. The van der Waals surface area contributed by atoms with Crippen LogP contribution in [0.3, 0.4) is 0 Å². The van der Waals surface area contributed by atoms with Gasteiger partial charge in [0.15, 0.2) is 5.43 Å². The van der Waals surface area contributed by atoms with Crippen LogP contribution < -0.4 is 15.5 Å². The Morgan fingerprint density at radius 3 is 2.60 bits per heavy atom. The molecule has 1 aliphatic heterocycles. The number of rotatable bonds is 2. The maximum Gasteiger partial charge on any atom is 0.322 e. The third-order valence-electron chi connectivity index (χ3n) is 5.90. The third kappa shape index (κ3) is 3.32. The van der Waals surface area contributed by atoms with Gasteiger partial charge in [-0.25, -0.2) is 4.79 Å². The molecule has 2 aromatic carbocycles. The molecule has 0 fully saturated rings. The van der Waals surface area contributed by atoms with E-state index >= 15 is 0 Å². The van der Waals surface area contributed by atoms with Crippen LogP contribution in [0.4, 0.5) is 10.5 Å². The van der Waals surface area contributed by atoms with Gasteiger partial charge in [-0.05, 0) is 55.7 Å². The maximum absolute atomic E-state index is 13.3. The molecule has 1 N–H and O–H groups in total. The van der Waals surface area contributed by atoms with E-state index in [-0.39, 0.29) is 11.5 Å². The van der Waals surface area contributed by atoms with Gasteiger partial charge in [-0.1, -0.05) is 12.1 Å². The van der Waals surface area contributed by atoms with Gasteiger partial charge in [-0.3, -0.25) is 4.79 Å². The highest BCUT2D eigenvalue weighted by Crippen LogP contribution is 2.27. The Morgan fingerprint density at radius 2 is 1.87 bits per heavy atom. The second-order valence-corrected chi connectivity index (χ2v) is 8.10. The van der Waals surface area contributed by atoms with Crippen molar-refractivity contribution in [3.63, 3.8) is 0 Å². The summed E-state index contributed by atoms with van der Waals surface area (Å²) in [7, 11) is 3.59. The van der Waals surface area contributed by atoms with Crippen molar-refractivity contribution in [1.82, 2.24) is 9.47 Å². The van der Waals surface area contributed by atoms with Crippen molar-refractivity contribution >= 4 is 22.6 Å². The zero-order valence-corrected chi connectivity index (χ0v) is 18.1. The number of nitrogens with one attached hydrogen (secondary N) is 1. The Morgan fingerprint density at radius 1 is 1.10 bits per heavy atom. The van der Waals surface area contributed by atoms with Crippen LogP contribution >= 0.6 is 0 Å². The fourth-order valence-electron chi connectivity index (χ4n) is 4.49. The molecule has 6 heteroatoms. The lowest BCUT2D eigenvalue weighted by Crippen LogP contribution is -2.42. The van der Waals surface area contributed by atoms with Crippen molar-refractivity contribution in [2.24, 2.45) is 7.05 Å². The molecule has 1 aliphatic rings. The normalized spacial score (nSPS) is 13.3. The van der Waals surface area contributed by atoms with Crippen LogP contribution in [0, 0.1) is 20.8 Å². The highest BCUT2D eigenvalue weighted by Gasteiger charge is 2.26. The standard InChI is InChI=1S/C24H27N3O3/c1-14-6-7-21(30-5)19(12-14)25-24(29)27-9-8-20-18(13-27)23(28)17-11-15(2)10-16(3)22(17)26(20)4/h6-7,10-12H,8-9,13H2,1-5H3,(H,25,29). The van der Waals surface area contributed by atoms with E-state index in [0.717, 1.165) is 33.3 Å². The van der Waals surface area contributed by atoms with E-state index in [1.165, 1.54) is 0 Å². The molecule has 1 aromatic heterocycles. The first-order valence-electron chi connectivity index (χ1n) is 10.1. The number of hydrogen-bond acceptors (Lipinski definition) is 3. The van der Waals surface area contributed by atoms with Crippen LogP contribution in [0.25, 0.3) is 10.9 Å². The van der Waals surface area contributed by atoms with Gasteiger partial charge >= 0.3 is 6.03 Å². The number of aryl methyl sites for hydroxylation is 4. The summed E-state index contributed by atoms with van der Waals surface area (Å²) in [6, 6.07) is 9.47. The summed E-state index contributed by atoms with van der Waals surface area (Å²) in [6.07, 6.45) is 0.642. The molecule has 0 aliphatic carbocycles. The molecule has 4 rings (SSSR count). The van der Waals surface area contributed by atoms with Crippen LogP contribution in [0.2, 0.25) is 0 Å². The number of benzene rings is 2. The Balaban J connectivity index is 1.69. The molecular weight excluding hydrogens is 378 g/mol. The number of nitrogens with zero attached hydrogens (tertiary/aromatic N) is 2. The van der Waals surface area contributed by atoms with Crippen molar-refractivity contribution in [3.8, 4) is 5.75 Å². The lowest BCUT2D eigenvalue weighted by Gasteiger charge is -2.31. The van der Waals surface area contributed by atoms with Gasteiger partial charge in [0, 0.05) is 36.7 Å². The van der Waals surface area contributed by atoms with Gasteiger partial charge in [0.1, 0.15) is 5.75 Å². The number of pyridine rings is 1. The summed E-state index contributed by atoms with van der Waals surface area (Å²) >= 11 is 0. The molecule has 2 heterocycles. The number of carbonyl (C=O) groups excluding carboxylic acids is 1.